The maximum absolute atomic E-state index is 13.0. The van der Waals surface area contributed by atoms with Crippen LogP contribution in [-0.4, -0.2) is 59.7 Å². The molecule has 2 aromatic rings. The molecule has 6 rings (SSSR count). The fraction of sp³-hybridized carbons (Fsp3) is 0.348. The number of aromatic amines is 1. The molecule has 2 fully saturated rings. The Bertz CT molecular complexity index is 1120. The molecule has 0 atom stereocenters. The van der Waals surface area contributed by atoms with Crippen molar-refractivity contribution in [1.29, 1.82) is 0 Å². The maximum Gasteiger partial charge on any atom is 0.284 e. The molecule has 4 heterocycles. The number of nitrogens with one attached hydrogen (secondary N) is 2. The number of anilines is 2. The lowest BCUT2D eigenvalue weighted by atomic mass is 10.1. The minimum Gasteiger partial charge on any atom is -0.378 e. The Morgan fingerprint density at radius 1 is 1.22 bits per heavy atom. The minimum atomic E-state index is 0.0418. The van der Waals surface area contributed by atoms with Crippen LogP contribution in [0.1, 0.15) is 34.8 Å². The van der Waals surface area contributed by atoms with Gasteiger partial charge in [-0.2, -0.15) is 10.1 Å². The zero-order chi connectivity index (χ0) is 21.5. The number of ether oxygens (including phenoxy) is 1. The normalized spacial score (nSPS) is 20.8. The van der Waals surface area contributed by atoms with E-state index in [2.05, 4.69) is 31.5 Å². The molecule has 1 saturated heterocycles. The number of morpholine rings is 1. The van der Waals surface area contributed by atoms with Gasteiger partial charge in [0.05, 0.1) is 25.6 Å². The van der Waals surface area contributed by atoms with Crippen LogP contribution in [0.25, 0.3) is 0 Å². The molecular formula is C23H25N7O2+. The van der Waals surface area contributed by atoms with Crippen LogP contribution in [-0.2, 0) is 4.74 Å². The standard InChI is InChI=1S/C23H25N7O2/c31-23(28-8-10-32-11-9-28)17-2-1-3-18(12-17)29-14-21-24-6-7-30(21)22(15-29)25-20-13-19(26-27-20)16-4-5-16/h1-3,6-7,12-13,15-16H,4-5,8-11,14H2,(H2,25,26,27)/q+1. The number of amides is 1. The molecule has 1 aromatic carbocycles. The summed E-state index contributed by atoms with van der Waals surface area (Å²) in [6.07, 6.45) is 8.23. The summed E-state index contributed by atoms with van der Waals surface area (Å²) < 4.78 is 5.38. The van der Waals surface area contributed by atoms with Crippen LogP contribution < -0.4 is 15.1 Å². The van der Waals surface area contributed by atoms with Crippen LogP contribution in [0, 0.1) is 0 Å². The summed E-state index contributed by atoms with van der Waals surface area (Å²) in [4.78, 5) is 23.5. The molecule has 1 aromatic heterocycles. The van der Waals surface area contributed by atoms with E-state index in [4.69, 9.17) is 4.74 Å². The fourth-order valence-electron chi connectivity index (χ4n) is 4.24. The van der Waals surface area contributed by atoms with Crippen LogP contribution in [0.5, 0.6) is 0 Å². The van der Waals surface area contributed by atoms with Crippen molar-refractivity contribution in [1.82, 2.24) is 20.0 Å². The van der Waals surface area contributed by atoms with Crippen LogP contribution in [0.3, 0.4) is 0 Å². The van der Waals surface area contributed by atoms with Crippen molar-refractivity contribution in [3.8, 4) is 0 Å². The molecule has 9 heteroatoms. The molecule has 9 nitrogen and oxygen atoms in total. The zero-order valence-electron chi connectivity index (χ0n) is 17.7. The molecule has 4 aliphatic rings. The third-order valence-electron chi connectivity index (χ3n) is 6.16. The number of carbonyl (C=O) groups excluding carboxylic acids is 1. The monoisotopic (exact) mass is 431 g/mol. The van der Waals surface area contributed by atoms with E-state index in [0.717, 1.165) is 23.2 Å². The van der Waals surface area contributed by atoms with Gasteiger partial charge in [0.15, 0.2) is 12.0 Å². The number of aliphatic imine (C=N–C) groups is 1. The zero-order valence-corrected chi connectivity index (χ0v) is 17.7. The van der Waals surface area contributed by atoms with Gasteiger partial charge in [-0.05, 0) is 35.9 Å². The van der Waals surface area contributed by atoms with Crippen molar-refractivity contribution in [3.05, 3.63) is 66.0 Å². The molecule has 0 bridgehead atoms. The van der Waals surface area contributed by atoms with Gasteiger partial charge in [0, 0.05) is 42.0 Å². The highest BCUT2D eigenvalue weighted by Gasteiger charge is 2.38. The van der Waals surface area contributed by atoms with E-state index in [1.54, 1.807) is 6.20 Å². The van der Waals surface area contributed by atoms with Gasteiger partial charge in [0.25, 0.3) is 17.6 Å². The Labute approximate surface area is 186 Å². The van der Waals surface area contributed by atoms with Gasteiger partial charge in [-0.1, -0.05) is 6.07 Å². The molecule has 2 N–H and O–H groups in total. The fourth-order valence-corrected chi connectivity index (χ4v) is 4.24. The smallest absolute Gasteiger partial charge is 0.284 e. The number of amidine groups is 1. The second-order valence-electron chi connectivity index (χ2n) is 8.42. The first-order valence-electron chi connectivity index (χ1n) is 11.0. The largest absolute Gasteiger partial charge is 0.378 e. The molecular weight excluding hydrogens is 406 g/mol. The summed E-state index contributed by atoms with van der Waals surface area (Å²) in [5, 5.41) is 11.0. The lowest BCUT2D eigenvalue weighted by molar-refractivity contribution is 0.0303. The first kappa shape index (κ1) is 19.3. The van der Waals surface area contributed by atoms with E-state index < -0.39 is 0 Å². The van der Waals surface area contributed by atoms with E-state index in [0.29, 0.717) is 44.3 Å². The Morgan fingerprint density at radius 2 is 2.09 bits per heavy atom. The van der Waals surface area contributed by atoms with Crippen LogP contribution in [0.4, 0.5) is 11.5 Å². The highest BCUT2D eigenvalue weighted by Crippen LogP contribution is 2.39. The SMILES string of the molecule is O=C(c1cccc(N2C=C(Nc3cc(C4CC4)[nH]n3)[N+]3C=CN=C3C2)c1)N1CCOCC1. The Kier molecular flexibility index (Phi) is 4.77. The number of fused-ring (bicyclic) bond motifs is 1. The molecule has 32 heavy (non-hydrogen) atoms. The van der Waals surface area contributed by atoms with Crippen molar-refractivity contribution >= 4 is 23.2 Å². The second-order valence-corrected chi connectivity index (χ2v) is 8.42. The Morgan fingerprint density at radius 3 is 2.94 bits per heavy atom. The summed E-state index contributed by atoms with van der Waals surface area (Å²) in [5.41, 5.74) is 2.81. The molecule has 1 aliphatic carbocycles. The van der Waals surface area contributed by atoms with Gasteiger partial charge >= 0.3 is 0 Å². The first-order valence-corrected chi connectivity index (χ1v) is 11.0. The second kappa shape index (κ2) is 7.92. The van der Waals surface area contributed by atoms with E-state index in [1.165, 1.54) is 18.5 Å². The molecule has 163 valence electrons. The van der Waals surface area contributed by atoms with Gasteiger partial charge in [0.1, 0.15) is 6.54 Å². The molecule has 1 saturated carbocycles. The Hall–Kier alpha value is -3.43. The lowest BCUT2D eigenvalue weighted by Crippen LogP contribution is -2.45. The van der Waals surface area contributed by atoms with E-state index >= 15 is 0 Å². The number of hydrogen-bond donors (Lipinski definition) is 2. The van der Waals surface area contributed by atoms with Crippen LogP contribution in [0.2, 0.25) is 0 Å². The topological polar surface area (TPSA) is 91.8 Å². The van der Waals surface area contributed by atoms with Gasteiger partial charge < -0.3 is 14.5 Å². The highest BCUT2D eigenvalue weighted by atomic mass is 16.5. The molecule has 1 radical (unpaired) electrons. The summed E-state index contributed by atoms with van der Waals surface area (Å²) in [6, 6.07) is 9.85. The van der Waals surface area contributed by atoms with Crippen molar-refractivity contribution in [2.24, 2.45) is 4.99 Å². The molecule has 3 aliphatic heterocycles. The highest BCUT2D eigenvalue weighted by molar-refractivity contribution is 5.97. The number of nitrogens with zero attached hydrogens (tertiary/aromatic N) is 5. The molecule has 0 spiro atoms. The van der Waals surface area contributed by atoms with E-state index in [-0.39, 0.29) is 5.91 Å². The number of carbonyl (C=O) groups is 1. The van der Waals surface area contributed by atoms with Gasteiger partial charge in [-0.15, -0.1) is 0 Å². The number of hydrogen-bond acceptors (Lipinski definition) is 7. The quantitative estimate of drug-likeness (QED) is 0.710. The summed E-state index contributed by atoms with van der Waals surface area (Å²) in [6.45, 7) is 3.05. The number of H-pyrrole nitrogens is 1. The summed E-state index contributed by atoms with van der Waals surface area (Å²) in [5.74, 6) is 3.22. The number of aromatic nitrogens is 2. The van der Waals surface area contributed by atoms with Crippen molar-refractivity contribution in [2.75, 3.05) is 43.1 Å². The van der Waals surface area contributed by atoms with Crippen LogP contribution in [0.15, 0.2) is 59.7 Å². The van der Waals surface area contributed by atoms with Gasteiger partial charge in [-0.3, -0.25) is 15.2 Å². The summed E-state index contributed by atoms with van der Waals surface area (Å²) >= 11 is 0. The van der Waals surface area contributed by atoms with Crippen molar-refractivity contribution in [2.45, 2.75) is 18.8 Å². The van der Waals surface area contributed by atoms with Gasteiger partial charge in [-0.25, -0.2) is 0 Å². The third-order valence-corrected chi connectivity index (χ3v) is 6.16. The first-order chi connectivity index (χ1) is 15.7. The number of rotatable bonds is 5. The third kappa shape index (κ3) is 3.69. The van der Waals surface area contributed by atoms with Gasteiger partial charge in [0.2, 0.25) is 0 Å². The average molecular weight is 432 g/mol. The summed E-state index contributed by atoms with van der Waals surface area (Å²) in [7, 11) is 0. The Balaban J connectivity index is 1.26. The maximum atomic E-state index is 13.0. The number of benzene rings is 1. The van der Waals surface area contributed by atoms with Crippen molar-refractivity contribution < 1.29 is 9.53 Å². The predicted molar refractivity (Wildman–Crippen MR) is 121 cm³/mol. The minimum absolute atomic E-state index is 0.0418. The average Bonchev–Trinajstić information content (AvgIpc) is 3.39. The predicted octanol–water partition coefficient (Wildman–Crippen LogP) is 2.51. The molecule has 0 unspecified atom stereocenters. The van der Waals surface area contributed by atoms with Crippen molar-refractivity contribution in [3.63, 3.8) is 0 Å². The van der Waals surface area contributed by atoms with E-state index in [1.807, 2.05) is 46.5 Å². The van der Waals surface area contributed by atoms with Crippen LogP contribution >= 0.6 is 0 Å². The molecule has 1 amide bonds. The van der Waals surface area contributed by atoms with E-state index in [9.17, 15) is 4.79 Å². The lowest BCUT2D eigenvalue weighted by Gasteiger charge is -2.28.